The lowest BCUT2D eigenvalue weighted by molar-refractivity contribution is -0.00171. The highest BCUT2D eigenvalue weighted by Crippen LogP contribution is 2.31. The van der Waals surface area contributed by atoms with E-state index in [4.69, 9.17) is 14.2 Å². The number of amides is 1. The fourth-order valence-electron chi connectivity index (χ4n) is 3.28. The molecule has 8 nitrogen and oxygen atoms in total. The molecule has 0 saturated heterocycles. The second-order valence-corrected chi connectivity index (χ2v) is 6.80. The Bertz CT molecular complexity index is 1030. The Hall–Kier alpha value is -3.39. The average molecular weight is 394 g/mol. The van der Waals surface area contributed by atoms with Crippen molar-refractivity contribution in [2.75, 3.05) is 19.5 Å². The molecule has 1 aliphatic rings. The number of nitrogens with zero attached hydrogens (tertiary/aromatic N) is 3. The fraction of sp³-hybridized carbons (Fsp3) is 0.286. The first-order valence-corrected chi connectivity index (χ1v) is 9.23. The van der Waals surface area contributed by atoms with Crippen LogP contribution in [0.5, 0.6) is 11.5 Å². The number of carbonyl (C=O) groups excluding carboxylic acids is 1. The second-order valence-electron chi connectivity index (χ2n) is 6.80. The summed E-state index contributed by atoms with van der Waals surface area (Å²) < 4.78 is 18.2. The van der Waals surface area contributed by atoms with Crippen LogP contribution in [0.2, 0.25) is 0 Å². The van der Waals surface area contributed by atoms with Crippen molar-refractivity contribution in [2.24, 2.45) is 0 Å². The molecule has 2 heterocycles. The van der Waals surface area contributed by atoms with E-state index in [0.29, 0.717) is 29.4 Å². The van der Waals surface area contributed by atoms with Crippen LogP contribution in [0.25, 0.3) is 0 Å². The highest BCUT2D eigenvalue weighted by atomic mass is 16.5. The molecular weight excluding hydrogens is 372 g/mol. The summed E-state index contributed by atoms with van der Waals surface area (Å²) in [6.07, 6.45) is -0.119. The molecule has 1 aliphatic heterocycles. The van der Waals surface area contributed by atoms with Gasteiger partial charge in [-0.15, -0.1) is 5.10 Å². The van der Waals surface area contributed by atoms with E-state index in [0.717, 1.165) is 5.56 Å². The van der Waals surface area contributed by atoms with E-state index in [-0.39, 0.29) is 24.3 Å². The predicted molar refractivity (Wildman–Crippen MR) is 106 cm³/mol. The summed E-state index contributed by atoms with van der Waals surface area (Å²) in [4.78, 5) is 12.7. The summed E-state index contributed by atoms with van der Waals surface area (Å²) in [6, 6.07) is 13.4. The van der Waals surface area contributed by atoms with Crippen molar-refractivity contribution in [2.45, 2.75) is 26.2 Å². The molecule has 0 aliphatic carbocycles. The number of carbonyl (C=O) groups is 1. The Morgan fingerprint density at radius 1 is 1.14 bits per heavy atom. The summed E-state index contributed by atoms with van der Waals surface area (Å²) in [7, 11) is 3.10. The minimum Gasteiger partial charge on any atom is -0.493 e. The number of methoxy groups -OCH3 is 2. The van der Waals surface area contributed by atoms with E-state index < -0.39 is 0 Å². The minimum atomic E-state index is -0.351. The van der Waals surface area contributed by atoms with Crippen LogP contribution in [-0.4, -0.2) is 35.1 Å². The van der Waals surface area contributed by atoms with Crippen molar-refractivity contribution in [3.05, 3.63) is 65.0 Å². The van der Waals surface area contributed by atoms with Crippen LogP contribution >= 0.6 is 0 Å². The standard InChI is InChI=1S/C21H22N4O4/c1-13-4-6-14(7-5-13)19-11-25-16(12-29-19)20(23-24-25)21(26)22-15-8-9-17(27-2)18(10-15)28-3/h4-10,19H,11-12H2,1-3H3,(H,22,26)/t19-/m1/s1. The number of aromatic nitrogens is 3. The van der Waals surface area contributed by atoms with Gasteiger partial charge in [0.1, 0.15) is 6.10 Å². The first-order valence-electron chi connectivity index (χ1n) is 9.23. The Balaban J connectivity index is 1.50. The van der Waals surface area contributed by atoms with Crippen LogP contribution < -0.4 is 14.8 Å². The number of fused-ring (bicyclic) bond motifs is 1. The molecule has 1 N–H and O–H groups in total. The SMILES string of the molecule is COc1ccc(NC(=O)c2nnn3c2CO[C@@H](c2ccc(C)cc2)C3)cc1OC. The topological polar surface area (TPSA) is 87.5 Å². The van der Waals surface area contributed by atoms with Gasteiger partial charge in [-0.05, 0) is 24.6 Å². The van der Waals surface area contributed by atoms with Crippen molar-refractivity contribution in [1.29, 1.82) is 0 Å². The van der Waals surface area contributed by atoms with Gasteiger partial charge in [-0.3, -0.25) is 4.79 Å². The molecule has 1 aromatic heterocycles. The van der Waals surface area contributed by atoms with Gasteiger partial charge < -0.3 is 19.5 Å². The van der Waals surface area contributed by atoms with E-state index in [1.165, 1.54) is 5.56 Å². The maximum Gasteiger partial charge on any atom is 0.278 e. The Kier molecular flexibility index (Phi) is 5.18. The zero-order valence-corrected chi connectivity index (χ0v) is 16.5. The first-order chi connectivity index (χ1) is 14.1. The predicted octanol–water partition coefficient (Wildman–Crippen LogP) is 3.13. The molecule has 0 bridgehead atoms. The molecule has 0 spiro atoms. The first kappa shape index (κ1) is 18.9. The molecule has 8 heteroatoms. The zero-order valence-electron chi connectivity index (χ0n) is 16.5. The van der Waals surface area contributed by atoms with Gasteiger partial charge in [0.05, 0.1) is 33.1 Å². The average Bonchev–Trinajstić information content (AvgIpc) is 3.17. The van der Waals surface area contributed by atoms with Crippen molar-refractivity contribution in [3.8, 4) is 11.5 Å². The molecule has 29 heavy (non-hydrogen) atoms. The molecule has 3 aromatic rings. The quantitative estimate of drug-likeness (QED) is 0.715. The summed E-state index contributed by atoms with van der Waals surface area (Å²) in [5.41, 5.74) is 3.75. The molecular formula is C21H22N4O4. The van der Waals surface area contributed by atoms with Crippen LogP contribution in [0.4, 0.5) is 5.69 Å². The lowest BCUT2D eigenvalue weighted by Crippen LogP contribution is -2.24. The number of hydrogen-bond donors (Lipinski definition) is 1. The summed E-state index contributed by atoms with van der Waals surface area (Å²) in [5.74, 6) is 0.762. The van der Waals surface area contributed by atoms with Crippen LogP contribution in [0, 0.1) is 6.92 Å². The molecule has 0 saturated carbocycles. The van der Waals surface area contributed by atoms with E-state index in [2.05, 4.69) is 27.8 Å². The third-order valence-electron chi connectivity index (χ3n) is 4.90. The molecule has 0 unspecified atom stereocenters. The molecule has 0 radical (unpaired) electrons. The van der Waals surface area contributed by atoms with E-state index in [1.54, 1.807) is 37.1 Å². The maximum absolute atomic E-state index is 12.7. The number of hydrogen-bond acceptors (Lipinski definition) is 6. The van der Waals surface area contributed by atoms with Crippen molar-refractivity contribution in [1.82, 2.24) is 15.0 Å². The van der Waals surface area contributed by atoms with Crippen LogP contribution in [0.3, 0.4) is 0 Å². The molecule has 150 valence electrons. The molecule has 1 atom stereocenters. The van der Waals surface area contributed by atoms with Crippen molar-refractivity contribution in [3.63, 3.8) is 0 Å². The number of ether oxygens (including phenoxy) is 3. The van der Waals surface area contributed by atoms with Crippen molar-refractivity contribution >= 4 is 11.6 Å². The van der Waals surface area contributed by atoms with Gasteiger partial charge in [0, 0.05) is 11.8 Å². The Labute approximate surface area is 168 Å². The highest BCUT2D eigenvalue weighted by molar-refractivity contribution is 6.03. The molecule has 2 aromatic carbocycles. The molecule has 4 rings (SSSR count). The number of benzene rings is 2. The van der Waals surface area contributed by atoms with Gasteiger partial charge in [0.25, 0.3) is 5.91 Å². The lowest BCUT2D eigenvalue weighted by atomic mass is 10.1. The third-order valence-corrected chi connectivity index (χ3v) is 4.90. The van der Waals surface area contributed by atoms with E-state index in [1.807, 2.05) is 19.1 Å². The number of aryl methyl sites for hydroxylation is 1. The Morgan fingerprint density at radius 3 is 2.62 bits per heavy atom. The summed E-state index contributed by atoms with van der Waals surface area (Å²) >= 11 is 0. The third kappa shape index (κ3) is 3.79. The van der Waals surface area contributed by atoms with Crippen LogP contribution in [0.1, 0.15) is 33.4 Å². The zero-order chi connectivity index (χ0) is 20.4. The van der Waals surface area contributed by atoms with E-state index in [9.17, 15) is 4.79 Å². The summed E-state index contributed by atoms with van der Waals surface area (Å²) in [6.45, 7) is 2.82. The highest BCUT2D eigenvalue weighted by Gasteiger charge is 2.27. The Morgan fingerprint density at radius 2 is 1.90 bits per heavy atom. The van der Waals surface area contributed by atoms with Gasteiger partial charge in [0.2, 0.25) is 0 Å². The maximum atomic E-state index is 12.7. The smallest absolute Gasteiger partial charge is 0.278 e. The monoisotopic (exact) mass is 394 g/mol. The van der Waals surface area contributed by atoms with Gasteiger partial charge in [-0.1, -0.05) is 35.0 Å². The summed E-state index contributed by atoms with van der Waals surface area (Å²) in [5, 5.41) is 11.1. The van der Waals surface area contributed by atoms with Crippen molar-refractivity contribution < 1.29 is 19.0 Å². The lowest BCUT2D eigenvalue weighted by Gasteiger charge is -2.24. The van der Waals surface area contributed by atoms with Gasteiger partial charge >= 0.3 is 0 Å². The van der Waals surface area contributed by atoms with Gasteiger partial charge in [0.15, 0.2) is 17.2 Å². The number of anilines is 1. The van der Waals surface area contributed by atoms with Crippen LogP contribution in [0.15, 0.2) is 42.5 Å². The van der Waals surface area contributed by atoms with Gasteiger partial charge in [-0.2, -0.15) is 0 Å². The van der Waals surface area contributed by atoms with Gasteiger partial charge in [-0.25, -0.2) is 4.68 Å². The number of rotatable bonds is 5. The molecule has 1 amide bonds. The molecule has 0 fully saturated rings. The second kappa shape index (κ2) is 7.92. The largest absolute Gasteiger partial charge is 0.493 e. The fourth-order valence-corrected chi connectivity index (χ4v) is 3.28. The van der Waals surface area contributed by atoms with Crippen LogP contribution in [-0.2, 0) is 17.9 Å². The minimum absolute atomic E-state index is 0.119. The van der Waals surface area contributed by atoms with E-state index >= 15 is 0 Å². The normalized spacial score (nSPS) is 15.5. The number of nitrogens with one attached hydrogen (secondary N) is 1.